The number of nitrogens with zero attached hydrogens (tertiary/aromatic N) is 2. The maximum atomic E-state index is 4.81. The van der Waals surface area contributed by atoms with Crippen LogP contribution in [-0.4, -0.2) is 9.78 Å². The van der Waals surface area contributed by atoms with E-state index in [0.717, 1.165) is 28.1 Å². The number of para-hydroxylation sites is 1. The van der Waals surface area contributed by atoms with Gasteiger partial charge in [0.1, 0.15) is 5.69 Å². The van der Waals surface area contributed by atoms with Gasteiger partial charge in [-0.1, -0.05) is 60.7 Å². The largest absolute Gasteiger partial charge is 0.264 e. The second-order valence-electron chi connectivity index (χ2n) is 5.32. The number of rotatable bonds is 3. The zero-order valence-electron chi connectivity index (χ0n) is 12.9. The van der Waals surface area contributed by atoms with Crippen molar-refractivity contribution in [1.82, 2.24) is 9.78 Å². The molecule has 0 saturated heterocycles. The Morgan fingerprint density at radius 2 is 1.33 bits per heavy atom. The van der Waals surface area contributed by atoms with Crippen LogP contribution in [0.2, 0.25) is 0 Å². The van der Waals surface area contributed by atoms with Gasteiger partial charge >= 0.3 is 0 Å². The van der Waals surface area contributed by atoms with E-state index in [1.807, 2.05) is 53.2 Å². The summed E-state index contributed by atoms with van der Waals surface area (Å²) in [6.45, 7) is 0. The van der Waals surface area contributed by atoms with Gasteiger partial charge in [0.2, 0.25) is 0 Å². The van der Waals surface area contributed by atoms with Gasteiger partial charge in [-0.25, -0.2) is 0 Å². The minimum Gasteiger partial charge on any atom is -0.264 e. The minimum atomic E-state index is 0. The molecular weight excluding hydrogens is 472 g/mol. The van der Waals surface area contributed by atoms with E-state index < -0.39 is 0 Å². The summed E-state index contributed by atoms with van der Waals surface area (Å²) in [7, 11) is 0. The SMILES string of the molecule is [Ir].[c-]1ccccc1-n1cc(-c2ccccc2)c(-c2ccccc2)n1. The molecule has 2 nitrogen and oxygen atoms in total. The van der Waals surface area contributed by atoms with Crippen LogP contribution in [0.15, 0.2) is 91.1 Å². The molecule has 24 heavy (non-hydrogen) atoms. The van der Waals surface area contributed by atoms with Crippen LogP contribution in [0.4, 0.5) is 0 Å². The topological polar surface area (TPSA) is 17.8 Å². The average Bonchev–Trinajstić information content (AvgIpc) is 3.09. The Morgan fingerprint density at radius 3 is 1.96 bits per heavy atom. The van der Waals surface area contributed by atoms with E-state index in [1.54, 1.807) is 0 Å². The van der Waals surface area contributed by atoms with E-state index in [2.05, 4.69) is 48.7 Å². The third kappa shape index (κ3) is 3.23. The quantitative estimate of drug-likeness (QED) is 0.372. The zero-order chi connectivity index (χ0) is 15.5. The van der Waals surface area contributed by atoms with Crippen molar-refractivity contribution in [2.75, 3.05) is 0 Å². The Balaban J connectivity index is 0.00000169. The first-order valence-corrected chi connectivity index (χ1v) is 7.59. The van der Waals surface area contributed by atoms with Crippen molar-refractivity contribution in [3.63, 3.8) is 0 Å². The van der Waals surface area contributed by atoms with Crippen molar-refractivity contribution in [1.29, 1.82) is 0 Å². The van der Waals surface area contributed by atoms with Crippen LogP contribution in [0.25, 0.3) is 28.1 Å². The van der Waals surface area contributed by atoms with Gasteiger partial charge in [-0.3, -0.25) is 4.68 Å². The van der Waals surface area contributed by atoms with Crippen molar-refractivity contribution < 1.29 is 20.1 Å². The first-order chi connectivity index (χ1) is 11.4. The maximum Gasteiger partial charge on any atom is 0.100 e. The summed E-state index contributed by atoms with van der Waals surface area (Å²) in [5, 5.41) is 4.81. The Labute approximate surface area is 155 Å². The summed E-state index contributed by atoms with van der Waals surface area (Å²) >= 11 is 0. The van der Waals surface area contributed by atoms with Crippen molar-refractivity contribution in [2.24, 2.45) is 0 Å². The van der Waals surface area contributed by atoms with Crippen LogP contribution in [0.1, 0.15) is 0 Å². The fourth-order valence-electron chi connectivity index (χ4n) is 2.66. The monoisotopic (exact) mass is 488 g/mol. The van der Waals surface area contributed by atoms with E-state index in [4.69, 9.17) is 5.10 Å². The van der Waals surface area contributed by atoms with E-state index in [0.29, 0.717) is 0 Å². The first-order valence-electron chi connectivity index (χ1n) is 7.59. The second-order valence-corrected chi connectivity index (χ2v) is 5.32. The predicted molar refractivity (Wildman–Crippen MR) is 93.3 cm³/mol. The maximum absolute atomic E-state index is 4.81. The molecule has 4 rings (SSSR count). The number of aromatic nitrogens is 2. The fourth-order valence-corrected chi connectivity index (χ4v) is 2.66. The van der Waals surface area contributed by atoms with Crippen molar-refractivity contribution in [2.45, 2.75) is 0 Å². The third-order valence-corrected chi connectivity index (χ3v) is 3.79. The first kappa shape index (κ1) is 16.4. The molecule has 4 aromatic rings. The van der Waals surface area contributed by atoms with Gasteiger partial charge in [0.05, 0.1) is 0 Å². The third-order valence-electron chi connectivity index (χ3n) is 3.79. The average molecular weight is 488 g/mol. The van der Waals surface area contributed by atoms with E-state index in [9.17, 15) is 0 Å². The summed E-state index contributed by atoms with van der Waals surface area (Å²) in [6, 6.07) is 31.7. The molecule has 0 bridgehead atoms. The van der Waals surface area contributed by atoms with Gasteiger partial charge in [-0.15, -0.1) is 6.07 Å². The van der Waals surface area contributed by atoms with Gasteiger partial charge in [-0.2, -0.15) is 29.4 Å². The summed E-state index contributed by atoms with van der Waals surface area (Å²) in [4.78, 5) is 0. The Bertz CT molecular complexity index is 844. The summed E-state index contributed by atoms with van der Waals surface area (Å²) in [6.07, 6.45) is 2.07. The van der Waals surface area contributed by atoms with Crippen molar-refractivity contribution >= 4 is 0 Å². The molecule has 0 saturated carbocycles. The normalized spacial score (nSPS) is 10.2. The summed E-state index contributed by atoms with van der Waals surface area (Å²) in [5.41, 5.74) is 5.31. The van der Waals surface area contributed by atoms with Crippen LogP contribution >= 0.6 is 0 Å². The van der Waals surface area contributed by atoms with Crippen LogP contribution < -0.4 is 0 Å². The molecule has 0 aliphatic rings. The van der Waals surface area contributed by atoms with Crippen LogP contribution in [0.3, 0.4) is 0 Å². The molecule has 0 atom stereocenters. The molecule has 0 N–H and O–H groups in total. The Morgan fingerprint density at radius 1 is 0.708 bits per heavy atom. The Hall–Kier alpha value is -2.48. The van der Waals surface area contributed by atoms with Gasteiger partial charge < -0.3 is 0 Å². The van der Waals surface area contributed by atoms with Crippen molar-refractivity contribution in [3.05, 3.63) is 97.2 Å². The molecule has 0 aliphatic carbocycles. The van der Waals surface area contributed by atoms with Crippen LogP contribution in [0, 0.1) is 6.07 Å². The summed E-state index contributed by atoms with van der Waals surface area (Å²) < 4.78 is 1.89. The van der Waals surface area contributed by atoms with Gasteiger partial charge in [0, 0.05) is 37.4 Å². The molecule has 1 heterocycles. The second kappa shape index (κ2) is 7.39. The molecular formula is C21H15IrN2-. The molecule has 0 unspecified atom stereocenters. The number of hydrogen-bond acceptors (Lipinski definition) is 1. The number of benzene rings is 3. The van der Waals surface area contributed by atoms with Crippen LogP contribution in [0.5, 0.6) is 0 Å². The van der Waals surface area contributed by atoms with E-state index in [1.165, 1.54) is 0 Å². The molecule has 119 valence electrons. The number of hydrogen-bond donors (Lipinski definition) is 0. The van der Waals surface area contributed by atoms with E-state index >= 15 is 0 Å². The van der Waals surface area contributed by atoms with Gasteiger partial charge in [-0.05, 0) is 11.3 Å². The molecule has 0 aliphatic heterocycles. The fraction of sp³-hybridized carbons (Fsp3) is 0. The molecule has 3 aromatic carbocycles. The molecule has 0 amide bonds. The van der Waals surface area contributed by atoms with Crippen molar-refractivity contribution in [3.8, 4) is 28.1 Å². The predicted octanol–water partition coefficient (Wildman–Crippen LogP) is 5.00. The minimum absolute atomic E-state index is 0. The molecule has 3 heteroatoms. The van der Waals surface area contributed by atoms with Gasteiger partial charge in [0.15, 0.2) is 0 Å². The molecule has 0 fully saturated rings. The standard InChI is InChI=1S/C21H15N2.Ir/c1-4-10-17(11-5-1)20-16-23(19-14-8-3-9-15-19)22-21(20)18-12-6-2-7-13-18;/h1-14,16H;/q-1;. The van der Waals surface area contributed by atoms with Crippen LogP contribution in [-0.2, 0) is 20.1 Å². The Kier molecular flexibility index (Phi) is 5.05. The summed E-state index contributed by atoms with van der Waals surface area (Å²) in [5.74, 6) is 0. The van der Waals surface area contributed by atoms with E-state index in [-0.39, 0.29) is 20.1 Å². The molecule has 0 spiro atoms. The smallest absolute Gasteiger partial charge is 0.100 e. The molecule has 1 aromatic heterocycles. The zero-order valence-corrected chi connectivity index (χ0v) is 15.3. The molecule has 1 radical (unpaired) electrons. The van der Waals surface area contributed by atoms with Gasteiger partial charge in [0.25, 0.3) is 0 Å².